The lowest BCUT2D eigenvalue weighted by Crippen LogP contribution is -2.33. The summed E-state index contributed by atoms with van der Waals surface area (Å²) in [5.41, 5.74) is 5.62. The second-order valence-electron chi connectivity index (χ2n) is 7.16. The standard InChI is InChI=1S/C26H28N2O3/c1-3-4-18-30-24-14-10-21(11-15-24)19-27-28-26(29)20(2)31-25-16-12-23(13-17-25)22-8-6-5-7-9-22/h5-17,19-20H,3-4,18H2,1-2H3,(H,28,29)/b27-19-/t20-/m0/s1. The largest absolute Gasteiger partial charge is 0.494 e. The van der Waals surface area contributed by atoms with Crippen LogP contribution in [0.15, 0.2) is 84.0 Å². The number of hydrogen-bond acceptors (Lipinski definition) is 4. The molecule has 31 heavy (non-hydrogen) atoms. The molecule has 5 nitrogen and oxygen atoms in total. The monoisotopic (exact) mass is 416 g/mol. The normalized spacial score (nSPS) is 11.8. The van der Waals surface area contributed by atoms with E-state index in [2.05, 4.69) is 29.6 Å². The number of ether oxygens (including phenoxy) is 2. The Morgan fingerprint density at radius 2 is 1.58 bits per heavy atom. The molecule has 0 aromatic heterocycles. The number of nitrogens with one attached hydrogen (secondary N) is 1. The number of nitrogens with zero attached hydrogens (tertiary/aromatic N) is 1. The van der Waals surface area contributed by atoms with Crippen molar-refractivity contribution < 1.29 is 14.3 Å². The fraction of sp³-hybridized carbons (Fsp3) is 0.231. The number of amides is 1. The topological polar surface area (TPSA) is 59.9 Å². The van der Waals surface area contributed by atoms with Gasteiger partial charge in [-0.1, -0.05) is 55.8 Å². The maximum atomic E-state index is 12.3. The van der Waals surface area contributed by atoms with Crippen LogP contribution in [-0.2, 0) is 4.79 Å². The van der Waals surface area contributed by atoms with Gasteiger partial charge in [-0.05, 0) is 66.4 Å². The molecular formula is C26H28N2O3. The first-order chi connectivity index (χ1) is 15.2. The molecule has 0 unspecified atom stereocenters. The van der Waals surface area contributed by atoms with Crippen molar-refractivity contribution in [3.63, 3.8) is 0 Å². The van der Waals surface area contributed by atoms with E-state index < -0.39 is 6.10 Å². The summed E-state index contributed by atoms with van der Waals surface area (Å²) in [4.78, 5) is 12.3. The van der Waals surface area contributed by atoms with Crippen LogP contribution in [0.25, 0.3) is 11.1 Å². The van der Waals surface area contributed by atoms with Crippen LogP contribution in [0.3, 0.4) is 0 Å². The third kappa shape index (κ3) is 7.00. The predicted molar refractivity (Wildman–Crippen MR) is 125 cm³/mol. The van der Waals surface area contributed by atoms with Gasteiger partial charge in [0, 0.05) is 0 Å². The summed E-state index contributed by atoms with van der Waals surface area (Å²) in [6.07, 6.45) is 3.06. The number of carbonyl (C=O) groups excluding carboxylic acids is 1. The molecule has 160 valence electrons. The summed E-state index contributed by atoms with van der Waals surface area (Å²) < 4.78 is 11.4. The first kappa shape index (κ1) is 22.1. The molecule has 0 saturated heterocycles. The molecule has 0 aliphatic carbocycles. The molecule has 3 aromatic carbocycles. The predicted octanol–water partition coefficient (Wildman–Crippen LogP) is 5.45. The van der Waals surface area contributed by atoms with E-state index in [1.807, 2.05) is 66.7 Å². The van der Waals surface area contributed by atoms with Crippen molar-refractivity contribution in [2.24, 2.45) is 5.10 Å². The van der Waals surface area contributed by atoms with Crippen LogP contribution in [-0.4, -0.2) is 24.8 Å². The summed E-state index contributed by atoms with van der Waals surface area (Å²) in [7, 11) is 0. The van der Waals surface area contributed by atoms with Crippen LogP contribution in [0.2, 0.25) is 0 Å². The van der Waals surface area contributed by atoms with E-state index in [-0.39, 0.29) is 5.91 Å². The highest BCUT2D eigenvalue weighted by atomic mass is 16.5. The third-order valence-corrected chi connectivity index (χ3v) is 4.68. The molecule has 0 aliphatic rings. The van der Waals surface area contributed by atoms with Gasteiger partial charge in [0.15, 0.2) is 6.10 Å². The van der Waals surface area contributed by atoms with Crippen molar-refractivity contribution in [1.82, 2.24) is 5.43 Å². The molecule has 0 fully saturated rings. The van der Waals surface area contributed by atoms with Crippen LogP contribution in [0.4, 0.5) is 0 Å². The second-order valence-corrected chi connectivity index (χ2v) is 7.16. The molecule has 0 aliphatic heterocycles. The van der Waals surface area contributed by atoms with Gasteiger partial charge in [-0.15, -0.1) is 0 Å². The molecular weight excluding hydrogens is 388 g/mol. The Kier molecular flexibility index (Phi) is 8.23. The van der Waals surface area contributed by atoms with Crippen LogP contribution in [0.5, 0.6) is 11.5 Å². The molecule has 0 bridgehead atoms. The van der Waals surface area contributed by atoms with Crippen molar-refractivity contribution in [3.05, 3.63) is 84.4 Å². The first-order valence-corrected chi connectivity index (χ1v) is 10.5. The summed E-state index contributed by atoms with van der Waals surface area (Å²) >= 11 is 0. The summed E-state index contributed by atoms with van der Waals surface area (Å²) in [6, 6.07) is 25.3. The van der Waals surface area contributed by atoms with Crippen molar-refractivity contribution in [3.8, 4) is 22.6 Å². The fourth-order valence-corrected chi connectivity index (χ4v) is 2.86. The van der Waals surface area contributed by atoms with Crippen molar-refractivity contribution in [2.45, 2.75) is 32.8 Å². The number of rotatable bonds is 10. The molecule has 0 heterocycles. The van der Waals surface area contributed by atoms with E-state index >= 15 is 0 Å². The van der Waals surface area contributed by atoms with E-state index in [0.29, 0.717) is 12.4 Å². The summed E-state index contributed by atoms with van der Waals surface area (Å²) in [6.45, 7) is 4.54. The molecule has 3 aromatic rings. The van der Waals surface area contributed by atoms with E-state index in [9.17, 15) is 4.79 Å². The zero-order valence-electron chi connectivity index (χ0n) is 18.0. The minimum Gasteiger partial charge on any atom is -0.494 e. The average Bonchev–Trinajstić information content (AvgIpc) is 2.81. The molecule has 3 rings (SSSR count). The SMILES string of the molecule is CCCCOc1ccc(/C=N\NC(=O)[C@H](C)Oc2ccc(-c3ccccc3)cc2)cc1. The Morgan fingerprint density at radius 1 is 0.935 bits per heavy atom. The van der Waals surface area contributed by atoms with Crippen LogP contribution in [0.1, 0.15) is 32.3 Å². The molecule has 1 atom stereocenters. The van der Waals surface area contributed by atoms with Crippen molar-refractivity contribution >= 4 is 12.1 Å². The Labute approximate surface area is 183 Å². The zero-order valence-corrected chi connectivity index (χ0v) is 18.0. The van der Waals surface area contributed by atoms with Crippen molar-refractivity contribution in [2.75, 3.05) is 6.61 Å². The molecule has 0 saturated carbocycles. The lowest BCUT2D eigenvalue weighted by molar-refractivity contribution is -0.127. The fourth-order valence-electron chi connectivity index (χ4n) is 2.86. The van der Waals surface area contributed by atoms with E-state index in [1.165, 1.54) is 0 Å². The van der Waals surface area contributed by atoms with Gasteiger partial charge in [0.2, 0.25) is 0 Å². The van der Waals surface area contributed by atoms with Crippen LogP contribution >= 0.6 is 0 Å². The van der Waals surface area contributed by atoms with E-state index in [4.69, 9.17) is 9.47 Å². The van der Waals surface area contributed by atoms with Crippen molar-refractivity contribution in [1.29, 1.82) is 0 Å². The zero-order chi connectivity index (χ0) is 21.9. The Hall–Kier alpha value is -3.60. The maximum absolute atomic E-state index is 12.3. The summed E-state index contributed by atoms with van der Waals surface area (Å²) in [5, 5.41) is 4.02. The Bertz CT molecular complexity index is 968. The van der Waals surface area contributed by atoms with Gasteiger partial charge >= 0.3 is 0 Å². The Balaban J connectivity index is 1.47. The van der Waals surface area contributed by atoms with Gasteiger partial charge in [-0.2, -0.15) is 5.10 Å². The highest BCUT2D eigenvalue weighted by Gasteiger charge is 2.14. The average molecular weight is 417 g/mol. The molecule has 1 amide bonds. The highest BCUT2D eigenvalue weighted by Crippen LogP contribution is 2.22. The minimum absolute atomic E-state index is 0.317. The number of benzene rings is 3. The molecule has 0 radical (unpaired) electrons. The number of hydrogen-bond donors (Lipinski definition) is 1. The molecule has 0 spiro atoms. The number of carbonyl (C=O) groups is 1. The van der Waals surface area contributed by atoms with Crippen LogP contribution in [0, 0.1) is 0 Å². The molecule has 5 heteroatoms. The maximum Gasteiger partial charge on any atom is 0.280 e. The van der Waals surface area contributed by atoms with Gasteiger partial charge in [0.05, 0.1) is 12.8 Å². The highest BCUT2D eigenvalue weighted by molar-refractivity contribution is 5.84. The lowest BCUT2D eigenvalue weighted by atomic mass is 10.1. The van der Waals surface area contributed by atoms with Gasteiger partial charge in [0.25, 0.3) is 5.91 Å². The second kappa shape index (κ2) is 11.6. The quantitative estimate of drug-likeness (QED) is 0.272. The first-order valence-electron chi connectivity index (χ1n) is 10.5. The summed E-state index contributed by atoms with van der Waals surface area (Å²) in [5.74, 6) is 1.14. The number of unbranched alkanes of at least 4 members (excludes halogenated alkanes) is 1. The van der Waals surface area contributed by atoms with E-state index in [1.54, 1.807) is 13.1 Å². The third-order valence-electron chi connectivity index (χ3n) is 4.68. The Morgan fingerprint density at radius 3 is 2.26 bits per heavy atom. The van der Waals surface area contributed by atoms with Gasteiger partial charge in [-0.3, -0.25) is 4.79 Å². The smallest absolute Gasteiger partial charge is 0.280 e. The lowest BCUT2D eigenvalue weighted by Gasteiger charge is -2.13. The van der Waals surface area contributed by atoms with Crippen LogP contribution < -0.4 is 14.9 Å². The van der Waals surface area contributed by atoms with Gasteiger partial charge in [-0.25, -0.2) is 5.43 Å². The van der Waals surface area contributed by atoms with E-state index in [0.717, 1.165) is 35.3 Å². The number of hydrazone groups is 1. The minimum atomic E-state index is -0.672. The van der Waals surface area contributed by atoms with Gasteiger partial charge in [0.1, 0.15) is 11.5 Å². The van der Waals surface area contributed by atoms with Gasteiger partial charge < -0.3 is 9.47 Å². The molecule has 1 N–H and O–H groups in total.